The molecule has 1 aromatic carbocycles. The highest BCUT2D eigenvalue weighted by Crippen LogP contribution is 2.16. The van der Waals surface area contributed by atoms with Crippen molar-refractivity contribution in [3.63, 3.8) is 0 Å². The van der Waals surface area contributed by atoms with Crippen molar-refractivity contribution in [2.24, 2.45) is 0 Å². The van der Waals surface area contributed by atoms with Crippen molar-refractivity contribution in [1.82, 2.24) is 4.98 Å². The van der Waals surface area contributed by atoms with Gasteiger partial charge in [-0.15, -0.1) is 0 Å². The molecule has 0 aliphatic carbocycles. The summed E-state index contributed by atoms with van der Waals surface area (Å²) in [5.41, 5.74) is 0.813. The first-order valence-corrected chi connectivity index (χ1v) is 5.51. The van der Waals surface area contributed by atoms with Crippen LogP contribution in [0.2, 0.25) is 0 Å². The summed E-state index contributed by atoms with van der Waals surface area (Å²) in [6.07, 6.45) is 0. The van der Waals surface area contributed by atoms with Crippen molar-refractivity contribution in [1.29, 1.82) is 0 Å². The van der Waals surface area contributed by atoms with Gasteiger partial charge in [0.05, 0.1) is 0 Å². The van der Waals surface area contributed by atoms with Gasteiger partial charge in [0.25, 0.3) is 0 Å². The number of benzene rings is 1. The minimum atomic E-state index is -0.245. The zero-order valence-corrected chi connectivity index (χ0v) is 9.57. The molecule has 0 aliphatic heterocycles. The normalized spacial score (nSPS) is 10.0. The number of aromatic nitrogens is 1. The molecule has 1 aromatic heterocycles. The van der Waals surface area contributed by atoms with Gasteiger partial charge in [-0.3, -0.25) is 0 Å². The highest BCUT2D eigenvalue weighted by molar-refractivity contribution is 5.57. The van der Waals surface area contributed by atoms with Crippen LogP contribution in [0.3, 0.4) is 0 Å². The van der Waals surface area contributed by atoms with Crippen molar-refractivity contribution >= 4 is 17.3 Å². The largest absolute Gasteiger partial charge is 0.370 e. The van der Waals surface area contributed by atoms with E-state index >= 15 is 0 Å². The summed E-state index contributed by atoms with van der Waals surface area (Å²) < 4.78 is 12.7. The minimum absolute atomic E-state index is 0.245. The fraction of sp³-hybridized carbons (Fsp3) is 0.154. The number of rotatable bonds is 4. The van der Waals surface area contributed by atoms with Crippen molar-refractivity contribution in [2.75, 3.05) is 17.2 Å². The van der Waals surface area contributed by atoms with Gasteiger partial charge in [-0.05, 0) is 43.3 Å². The van der Waals surface area contributed by atoms with Gasteiger partial charge in [0.15, 0.2) is 0 Å². The molecule has 0 saturated heterocycles. The van der Waals surface area contributed by atoms with Crippen LogP contribution in [0.25, 0.3) is 0 Å². The van der Waals surface area contributed by atoms with Gasteiger partial charge in [-0.25, -0.2) is 9.37 Å². The Kier molecular flexibility index (Phi) is 3.55. The number of halogens is 1. The number of hydrogen-bond acceptors (Lipinski definition) is 3. The first-order chi connectivity index (χ1) is 8.28. The standard InChI is InChI=1S/C13H14FN3/c1-2-15-12-4-3-5-13(17-12)16-11-8-6-10(14)7-9-11/h3-9H,2H2,1H3,(H2,15,16,17). The van der Waals surface area contributed by atoms with Crippen LogP contribution >= 0.6 is 0 Å². The zero-order chi connectivity index (χ0) is 12.1. The van der Waals surface area contributed by atoms with Crippen molar-refractivity contribution in [3.05, 3.63) is 48.3 Å². The van der Waals surface area contributed by atoms with Gasteiger partial charge in [0.2, 0.25) is 0 Å². The second-order valence-corrected chi connectivity index (χ2v) is 3.57. The van der Waals surface area contributed by atoms with Crippen LogP contribution in [0.1, 0.15) is 6.92 Å². The highest BCUT2D eigenvalue weighted by Gasteiger charge is 1.98. The van der Waals surface area contributed by atoms with Crippen molar-refractivity contribution < 1.29 is 4.39 Å². The van der Waals surface area contributed by atoms with E-state index in [1.54, 1.807) is 12.1 Å². The summed E-state index contributed by atoms with van der Waals surface area (Å²) in [5.74, 6) is 1.31. The maximum atomic E-state index is 12.7. The first-order valence-electron chi connectivity index (χ1n) is 5.51. The van der Waals surface area contributed by atoms with Crippen LogP contribution in [-0.2, 0) is 0 Å². The number of anilines is 3. The Morgan fingerprint density at radius 2 is 1.76 bits per heavy atom. The third-order valence-electron chi connectivity index (χ3n) is 2.22. The minimum Gasteiger partial charge on any atom is -0.370 e. The molecular weight excluding hydrogens is 217 g/mol. The van der Waals surface area contributed by atoms with Crippen LogP contribution < -0.4 is 10.6 Å². The average Bonchev–Trinajstić information content (AvgIpc) is 2.33. The van der Waals surface area contributed by atoms with Crippen LogP contribution in [-0.4, -0.2) is 11.5 Å². The van der Waals surface area contributed by atoms with E-state index in [1.807, 2.05) is 25.1 Å². The lowest BCUT2D eigenvalue weighted by Crippen LogP contribution is -2.01. The topological polar surface area (TPSA) is 37.0 Å². The smallest absolute Gasteiger partial charge is 0.132 e. The van der Waals surface area contributed by atoms with Gasteiger partial charge < -0.3 is 10.6 Å². The Morgan fingerprint density at radius 3 is 2.47 bits per heavy atom. The number of hydrogen-bond donors (Lipinski definition) is 2. The molecule has 0 radical (unpaired) electrons. The predicted molar refractivity (Wildman–Crippen MR) is 68.1 cm³/mol. The fourth-order valence-corrected chi connectivity index (χ4v) is 1.47. The highest BCUT2D eigenvalue weighted by atomic mass is 19.1. The second kappa shape index (κ2) is 5.30. The van der Waals surface area contributed by atoms with Gasteiger partial charge in [-0.2, -0.15) is 0 Å². The maximum absolute atomic E-state index is 12.7. The SMILES string of the molecule is CCNc1cccc(Nc2ccc(F)cc2)n1. The molecule has 2 N–H and O–H groups in total. The Balaban J connectivity index is 2.12. The molecule has 0 amide bonds. The molecule has 2 rings (SSSR count). The third-order valence-corrected chi connectivity index (χ3v) is 2.22. The molecular formula is C13H14FN3. The van der Waals surface area contributed by atoms with E-state index in [2.05, 4.69) is 15.6 Å². The Hall–Kier alpha value is -2.10. The molecule has 0 saturated carbocycles. The molecule has 0 atom stereocenters. The van der Waals surface area contributed by atoms with Gasteiger partial charge in [0, 0.05) is 12.2 Å². The average molecular weight is 231 g/mol. The molecule has 0 fully saturated rings. The van der Waals surface area contributed by atoms with Crippen LogP contribution in [0.15, 0.2) is 42.5 Å². The summed E-state index contributed by atoms with van der Waals surface area (Å²) in [4.78, 5) is 4.36. The van der Waals surface area contributed by atoms with E-state index in [4.69, 9.17) is 0 Å². The maximum Gasteiger partial charge on any atom is 0.132 e. The summed E-state index contributed by atoms with van der Waals surface area (Å²) in [6.45, 7) is 2.84. The summed E-state index contributed by atoms with van der Waals surface area (Å²) in [5, 5.41) is 6.24. The van der Waals surface area contributed by atoms with E-state index in [9.17, 15) is 4.39 Å². The van der Waals surface area contributed by atoms with E-state index in [0.29, 0.717) is 0 Å². The van der Waals surface area contributed by atoms with E-state index < -0.39 is 0 Å². The first kappa shape index (κ1) is 11.4. The van der Waals surface area contributed by atoms with Crippen molar-refractivity contribution in [2.45, 2.75) is 6.92 Å². The number of nitrogens with one attached hydrogen (secondary N) is 2. The fourth-order valence-electron chi connectivity index (χ4n) is 1.47. The Bertz CT molecular complexity index is 482. The molecule has 3 nitrogen and oxygen atoms in total. The van der Waals surface area contributed by atoms with E-state index in [0.717, 1.165) is 23.9 Å². The molecule has 0 aliphatic rings. The third kappa shape index (κ3) is 3.17. The quantitative estimate of drug-likeness (QED) is 0.846. The lowest BCUT2D eigenvalue weighted by Gasteiger charge is -2.07. The Morgan fingerprint density at radius 1 is 1.06 bits per heavy atom. The van der Waals surface area contributed by atoms with Crippen LogP contribution in [0, 0.1) is 5.82 Å². The molecule has 4 heteroatoms. The lowest BCUT2D eigenvalue weighted by molar-refractivity contribution is 0.628. The molecule has 88 valence electrons. The van der Waals surface area contributed by atoms with Gasteiger partial charge in [-0.1, -0.05) is 6.07 Å². The van der Waals surface area contributed by atoms with Crippen LogP contribution in [0.5, 0.6) is 0 Å². The molecule has 0 unspecified atom stereocenters. The van der Waals surface area contributed by atoms with Crippen LogP contribution in [0.4, 0.5) is 21.7 Å². The van der Waals surface area contributed by atoms with Crippen molar-refractivity contribution in [3.8, 4) is 0 Å². The number of nitrogens with zero attached hydrogens (tertiary/aromatic N) is 1. The van der Waals surface area contributed by atoms with Gasteiger partial charge in [0.1, 0.15) is 17.5 Å². The Labute approximate surface area is 99.7 Å². The lowest BCUT2D eigenvalue weighted by atomic mass is 10.3. The number of pyridine rings is 1. The molecule has 0 spiro atoms. The molecule has 1 heterocycles. The monoisotopic (exact) mass is 231 g/mol. The summed E-state index contributed by atoms with van der Waals surface area (Å²) in [7, 11) is 0. The van der Waals surface area contributed by atoms with E-state index in [-0.39, 0.29) is 5.82 Å². The molecule has 0 bridgehead atoms. The predicted octanol–water partition coefficient (Wildman–Crippen LogP) is 3.40. The second-order valence-electron chi connectivity index (χ2n) is 3.57. The van der Waals surface area contributed by atoms with Gasteiger partial charge >= 0.3 is 0 Å². The summed E-state index contributed by atoms with van der Waals surface area (Å²) >= 11 is 0. The molecule has 2 aromatic rings. The van der Waals surface area contributed by atoms with E-state index in [1.165, 1.54) is 12.1 Å². The molecule has 17 heavy (non-hydrogen) atoms. The summed E-state index contributed by atoms with van der Waals surface area (Å²) in [6, 6.07) is 11.9. The zero-order valence-electron chi connectivity index (χ0n) is 9.57.